The van der Waals surface area contributed by atoms with Gasteiger partial charge in [-0.15, -0.1) is 0 Å². The number of ether oxygens (including phenoxy) is 1. The van der Waals surface area contributed by atoms with Gasteiger partial charge in [0.1, 0.15) is 0 Å². The molecule has 3 rings (SSSR count). The van der Waals surface area contributed by atoms with Crippen LogP contribution in [0.25, 0.3) is 10.8 Å². The Morgan fingerprint density at radius 1 is 0.958 bits per heavy atom. The molecule has 0 aliphatic rings. The first kappa shape index (κ1) is 16.6. The first-order chi connectivity index (χ1) is 11.7. The number of hydrogen-bond acceptors (Lipinski definition) is 3. The van der Waals surface area contributed by atoms with Crippen molar-refractivity contribution >= 4 is 36.5 Å². The maximum absolute atomic E-state index is 12.3. The second kappa shape index (κ2) is 7.52. The van der Waals surface area contributed by atoms with Gasteiger partial charge in [-0.05, 0) is 0 Å². The quantitative estimate of drug-likeness (QED) is 0.632. The van der Waals surface area contributed by atoms with Crippen LogP contribution in [0.5, 0.6) is 5.75 Å². The molecular formula is C20H18O3Se. The van der Waals surface area contributed by atoms with E-state index >= 15 is 0 Å². The molecule has 0 fully saturated rings. The summed E-state index contributed by atoms with van der Waals surface area (Å²) in [5, 5.41) is 2.17. The van der Waals surface area contributed by atoms with Gasteiger partial charge in [0.05, 0.1) is 0 Å². The van der Waals surface area contributed by atoms with Crippen LogP contribution in [0, 0.1) is 0 Å². The summed E-state index contributed by atoms with van der Waals surface area (Å²) in [6.45, 7) is 1.88. The number of carbonyl (C=O) groups is 1. The van der Waals surface area contributed by atoms with E-state index in [0.29, 0.717) is 0 Å². The van der Waals surface area contributed by atoms with Crippen molar-refractivity contribution in [1.82, 2.24) is 0 Å². The van der Waals surface area contributed by atoms with E-state index in [1.807, 2.05) is 73.7 Å². The van der Waals surface area contributed by atoms with Gasteiger partial charge < -0.3 is 0 Å². The first-order valence-corrected chi connectivity index (χ1v) is 9.24. The van der Waals surface area contributed by atoms with Gasteiger partial charge >= 0.3 is 148 Å². The summed E-state index contributed by atoms with van der Waals surface area (Å²) >= 11 is -0.295. The molecule has 122 valence electrons. The van der Waals surface area contributed by atoms with Crippen LogP contribution in [-0.2, 0) is 8.61 Å². The zero-order valence-corrected chi connectivity index (χ0v) is 15.3. The number of methoxy groups -OCH3 is 1. The average Bonchev–Trinajstić information content (AvgIpc) is 2.65. The molecule has 0 heterocycles. The summed E-state index contributed by atoms with van der Waals surface area (Å²) in [6.07, 6.45) is 0. The molecule has 0 amide bonds. The molecule has 3 aromatic carbocycles. The van der Waals surface area contributed by atoms with Gasteiger partial charge in [0.25, 0.3) is 0 Å². The molecule has 0 saturated carbocycles. The van der Waals surface area contributed by atoms with E-state index in [1.165, 1.54) is 0 Å². The first-order valence-electron chi connectivity index (χ1n) is 7.68. The number of fused-ring (bicyclic) bond motifs is 1. The van der Waals surface area contributed by atoms with Gasteiger partial charge in [0.2, 0.25) is 0 Å². The zero-order valence-electron chi connectivity index (χ0n) is 13.6. The third-order valence-corrected chi connectivity index (χ3v) is 5.38. The second-order valence-corrected chi connectivity index (χ2v) is 7.18. The predicted octanol–water partition coefficient (Wildman–Crippen LogP) is 3.44. The van der Waals surface area contributed by atoms with Crippen molar-refractivity contribution in [3.05, 3.63) is 72.3 Å². The summed E-state index contributed by atoms with van der Waals surface area (Å²) in [5.41, 5.74) is 0.960. The van der Waals surface area contributed by atoms with Crippen LogP contribution in [0.4, 0.5) is 0 Å². The molecule has 3 nitrogen and oxygen atoms in total. The van der Waals surface area contributed by atoms with Crippen LogP contribution in [-0.4, -0.2) is 28.4 Å². The number of carbonyl (C=O) groups excluding carboxylic acids is 1. The number of hydrogen-bond donors (Lipinski definition) is 0. The molecule has 3 aromatic rings. The van der Waals surface area contributed by atoms with Crippen molar-refractivity contribution in [3.8, 4) is 5.75 Å². The van der Waals surface area contributed by atoms with Crippen LogP contribution in [0.3, 0.4) is 0 Å². The summed E-state index contributed by atoms with van der Waals surface area (Å²) in [7, 11) is 1.65. The van der Waals surface area contributed by atoms with Crippen LogP contribution in [0.15, 0.2) is 66.7 Å². The molecule has 0 aliphatic carbocycles. The summed E-state index contributed by atoms with van der Waals surface area (Å²) in [4.78, 5) is 12.3. The minimum atomic E-state index is -0.295. The van der Waals surface area contributed by atoms with E-state index in [4.69, 9.17) is 8.56 Å². The third-order valence-electron chi connectivity index (χ3n) is 3.89. The fourth-order valence-electron chi connectivity index (χ4n) is 2.41. The van der Waals surface area contributed by atoms with E-state index in [2.05, 4.69) is 0 Å². The van der Waals surface area contributed by atoms with E-state index in [1.54, 1.807) is 7.11 Å². The Balaban J connectivity index is 1.72. The maximum atomic E-state index is 12.3. The van der Waals surface area contributed by atoms with Gasteiger partial charge in [-0.1, -0.05) is 0 Å². The van der Waals surface area contributed by atoms with Crippen LogP contribution in [0.1, 0.15) is 18.4 Å². The number of benzene rings is 3. The van der Waals surface area contributed by atoms with Gasteiger partial charge in [-0.3, -0.25) is 0 Å². The molecule has 0 aliphatic heterocycles. The Labute approximate surface area is 148 Å². The molecule has 4 heteroatoms. The minimum absolute atomic E-state index is 0.188. The number of rotatable bonds is 5. The van der Waals surface area contributed by atoms with Gasteiger partial charge in [-0.25, -0.2) is 0 Å². The normalized spacial score (nSPS) is 11.9. The second-order valence-electron chi connectivity index (χ2n) is 5.49. The van der Waals surface area contributed by atoms with E-state index in [0.717, 1.165) is 26.5 Å². The fraction of sp³-hybridized carbons (Fsp3) is 0.150. The molecule has 0 saturated heterocycles. The Hall–Kier alpha value is -2.29. The molecule has 0 spiro atoms. The molecule has 0 N–H and O–H groups in total. The van der Waals surface area contributed by atoms with Crippen molar-refractivity contribution in [2.45, 2.75) is 12.8 Å². The Morgan fingerprint density at radius 3 is 2.42 bits per heavy atom. The standard InChI is InChI=1S/C20H18O3Se/c1-14(20(21)23-24-19-6-4-3-5-7-19)15-8-9-17-13-18(22-2)11-10-16(17)12-15/h3-14H,1-2H3. The molecule has 24 heavy (non-hydrogen) atoms. The van der Waals surface area contributed by atoms with Crippen molar-refractivity contribution < 1.29 is 13.4 Å². The van der Waals surface area contributed by atoms with Crippen molar-refractivity contribution in [1.29, 1.82) is 0 Å². The fourth-order valence-corrected chi connectivity index (χ4v) is 3.65. The summed E-state index contributed by atoms with van der Waals surface area (Å²) in [5.74, 6) is 0.349. The van der Waals surface area contributed by atoms with Crippen molar-refractivity contribution in [2.75, 3.05) is 7.11 Å². The van der Waals surface area contributed by atoms with Crippen LogP contribution >= 0.6 is 0 Å². The zero-order chi connectivity index (χ0) is 16.9. The van der Waals surface area contributed by atoms with Gasteiger partial charge in [-0.2, -0.15) is 0 Å². The van der Waals surface area contributed by atoms with Crippen LogP contribution in [0.2, 0.25) is 0 Å². The van der Waals surface area contributed by atoms with Crippen molar-refractivity contribution in [3.63, 3.8) is 0 Å². The van der Waals surface area contributed by atoms with Gasteiger partial charge in [0, 0.05) is 0 Å². The third kappa shape index (κ3) is 3.78. The Bertz CT molecular complexity index is 846. The predicted molar refractivity (Wildman–Crippen MR) is 96.8 cm³/mol. The SMILES string of the molecule is COc1ccc2cc(C(C)C(=O)O[Se]c3ccccc3)ccc2c1. The van der Waals surface area contributed by atoms with Crippen LogP contribution < -0.4 is 9.20 Å². The molecule has 0 bridgehead atoms. The monoisotopic (exact) mass is 386 g/mol. The summed E-state index contributed by atoms with van der Waals surface area (Å²) < 4.78 is 11.8. The summed E-state index contributed by atoms with van der Waals surface area (Å²) in [6, 6.07) is 21.7. The van der Waals surface area contributed by atoms with E-state index < -0.39 is 0 Å². The Kier molecular flexibility index (Phi) is 5.19. The van der Waals surface area contributed by atoms with Gasteiger partial charge in [0.15, 0.2) is 0 Å². The molecule has 1 atom stereocenters. The molecular weight excluding hydrogens is 367 g/mol. The average molecular weight is 385 g/mol. The molecule has 0 aromatic heterocycles. The topological polar surface area (TPSA) is 35.5 Å². The molecule has 0 radical (unpaired) electrons. The van der Waals surface area contributed by atoms with E-state index in [9.17, 15) is 4.79 Å². The van der Waals surface area contributed by atoms with Crippen molar-refractivity contribution in [2.24, 2.45) is 0 Å². The molecule has 1 unspecified atom stereocenters. The Morgan fingerprint density at radius 2 is 1.67 bits per heavy atom. The van der Waals surface area contributed by atoms with E-state index in [-0.39, 0.29) is 27.2 Å².